The van der Waals surface area contributed by atoms with Crippen LogP contribution in [0.4, 0.5) is 4.39 Å². The van der Waals surface area contributed by atoms with E-state index < -0.39 is 11.9 Å². The first-order chi connectivity index (χ1) is 12.1. The van der Waals surface area contributed by atoms with E-state index in [1.54, 1.807) is 26.2 Å². The number of benzene rings is 2. The van der Waals surface area contributed by atoms with Crippen molar-refractivity contribution in [3.05, 3.63) is 65.8 Å². The molecule has 0 fully saturated rings. The first-order valence-electron chi connectivity index (χ1n) is 7.61. The molecule has 7 heteroatoms. The van der Waals surface area contributed by atoms with Crippen LogP contribution in [0, 0.1) is 5.82 Å². The maximum absolute atomic E-state index is 12.9. The Morgan fingerprint density at radius 3 is 2.48 bits per heavy atom. The second-order valence-electron chi connectivity index (χ2n) is 5.39. The molecule has 0 aliphatic heterocycles. The van der Waals surface area contributed by atoms with Crippen LogP contribution in [0.1, 0.15) is 29.2 Å². The maximum atomic E-state index is 12.9. The molecule has 1 heterocycles. The van der Waals surface area contributed by atoms with Gasteiger partial charge in [0.25, 0.3) is 5.91 Å². The molecule has 0 aliphatic rings. The molecule has 6 nitrogen and oxygen atoms in total. The van der Waals surface area contributed by atoms with Crippen LogP contribution in [-0.4, -0.2) is 23.2 Å². The highest BCUT2D eigenvalue weighted by atomic mass is 19.1. The molecule has 0 saturated carbocycles. The third-order valence-electron chi connectivity index (χ3n) is 3.61. The smallest absolute Gasteiger partial charge is 0.251 e. The minimum Gasteiger partial charge on any atom is -0.497 e. The van der Waals surface area contributed by atoms with Gasteiger partial charge in [0.05, 0.1) is 7.11 Å². The van der Waals surface area contributed by atoms with E-state index in [9.17, 15) is 9.18 Å². The number of carbonyl (C=O) groups is 1. The van der Waals surface area contributed by atoms with Crippen LogP contribution in [0.2, 0.25) is 0 Å². The highest BCUT2D eigenvalue weighted by molar-refractivity contribution is 5.94. The molecule has 128 valence electrons. The molecule has 1 aromatic heterocycles. The number of methoxy groups -OCH3 is 1. The van der Waals surface area contributed by atoms with E-state index in [0.717, 1.165) is 11.3 Å². The Bertz CT molecular complexity index is 860. The lowest BCUT2D eigenvalue weighted by molar-refractivity contribution is 0.0932. The molecule has 3 aromatic rings. The summed E-state index contributed by atoms with van der Waals surface area (Å²) in [6, 6.07) is 12.0. The van der Waals surface area contributed by atoms with Crippen LogP contribution in [0.15, 0.2) is 53.1 Å². The summed E-state index contributed by atoms with van der Waals surface area (Å²) in [4.78, 5) is 16.5. The first-order valence-corrected chi connectivity index (χ1v) is 7.61. The van der Waals surface area contributed by atoms with Crippen molar-refractivity contribution in [2.24, 2.45) is 0 Å². The molecule has 2 aromatic carbocycles. The van der Waals surface area contributed by atoms with Gasteiger partial charge >= 0.3 is 0 Å². The summed E-state index contributed by atoms with van der Waals surface area (Å²) < 4.78 is 23.2. The fourth-order valence-corrected chi connectivity index (χ4v) is 2.21. The van der Waals surface area contributed by atoms with E-state index in [2.05, 4.69) is 15.5 Å². The van der Waals surface area contributed by atoms with Crippen molar-refractivity contribution in [2.45, 2.75) is 13.0 Å². The van der Waals surface area contributed by atoms with E-state index in [-0.39, 0.29) is 11.8 Å². The number of hydrogen-bond donors (Lipinski definition) is 1. The van der Waals surface area contributed by atoms with Crippen molar-refractivity contribution in [1.29, 1.82) is 0 Å². The molecular weight excluding hydrogens is 325 g/mol. The number of nitrogens with zero attached hydrogens (tertiary/aromatic N) is 2. The summed E-state index contributed by atoms with van der Waals surface area (Å²) in [6.45, 7) is 1.73. The molecule has 0 radical (unpaired) electrons. The number of rotatable bonds is 5. The number of halogens is 1. The number of carbonyl (C=O) groups excluding carboxylic acids is 1. The van der Waals surface area contributed by atoms with E-state index in [0.29, 0.717) is 11.4 Å². The molecule has 0 saturated heterocycles. The Kier molecular flexibility index (Phi) is 4.74. The lowest BCUT2D eigenvalue weighted by Gasteiger charge is -2.09. The van der Waals surface area contributed by atoms with Gasteiger partial charge in [0.2, 0.25) is 11.7 Å². The van der Waals surface area contributed by atoms with Crippen molar-refractivity contribution < 1.29 is 18.4 Å². The average molecular weight is 341 g/mol. The second-order valence-corrected chi connectivity index (χ2v) is 5.39. The molecule has 25 heavy (non-hydrogen) atoms. The topological polar surface area (TPSA) is 77.3 Å². The Morgan fingerprint density at radius 2 is 1.84 bits per heavy atom. The molecule has 0 bridgehead atoms. The van der Waals surface area contributed by atoms with Crippen LogP contribution >= 0.6 is 0 Å². The fourth-order valence-electron chi connectivity index (χ4n) is 2.21. The second kappa shape index (κ2) is 7.12. The zero-order valence-electron chi connectivity index (χ0n) is 13.7. The number of amides is 1. The van der Waals surface area contributed by atoms with Gasteiger partial charge in [-0.3, -0.25) is 4.79 Å². The number of hydrogen-bond acceptors (Lipinski definition) is 5. The van der Waals surface area contributed by atoms with E-state index in [1.807, 2.05) is 12.1 Å². The third kappa shape index (κ3) is 3.82. The SMILES string of the molecule is COc1ccc(-c2noc(C(C)NC(=O)c3ccc(F)cc3)n2)cc1. The molecule has 1 N–H and O–H groups in total. The number of aromatic nitrogens is 2. The summed E-state index contributed by atoms with van der Waals surface area (Å²) in [7, 11) is 1.59. The molecule has 0 aliphatic carbocycles. The van der Waals surface area contributed by atoms with Crippen LogP contribution in [0.3, 0.4) is 0 Å². The number of nitrogens with one attached hydrogen (secondary N) is 1. The van der Waals surface area contributed by atoms with Crippen LogP contribution in [-0.2, 0) is 0 Å². The number of ether oxygens (including phenoxy) is 1. The van der Waals surface area contributed by atoms with Gasteiger partial charge in [-0.05, 0) is 55.5 Å². The third-order valence-corrected chi connectivity index (χ3v) is 3.61. The fraction of sp³-hybridized carbons (Fsp3) is 0.167. The minimum atomic E-state index is -0.489. The van der Waals surface area contributed by atoms with Gasteiger partial charge in [0.15, 0.2) is 0 Å². The molecule has 1 atom stereocenters. The van der Waals surface area contributed by atoms with E-state index in [1.165, 1.54) is 24.3 Å². The maximum Gasteiger partial charge on any atom is 0.251 e. The summed E-state index contributed by atoms with van der Waals surface area (Å²) in [6.07, 6.45) is 0. The Labute approximate surface area is 143 Å². The predicted octanol–water partition coefficient (Wildman–Crippen LogP) is 3.38. The molecule has 1 unspecified atom stereocenters. The average Bonchev–Trinajstić information content (AvgIpc) is 3.12. The Hall–Kier alpha value is -3.22. The first kappa shape index (κ1) is 16.6. The normalized spacial score (nSPS) is 11.8. The zero-order chi connectivity index (χ0) is 17.8. The molecule has 1 amide bonds. The molecular formula is C18H16FN3O3. The van der Waals surface area contributed by atoms with E-state index in [4.69, 9.17) is 9.26 Å². The summed E-state index contributed by atoms with van der Waals surface area (Å²) >= 11 is 0. The monoisotopic (exact) mass is 341 g/mol. The van der Waals surface area contributed by atoms with Gasteiger partial charge < -0.3 is 14.6 Å². The highest BCUT2D eigenvalue weighted by Gasteiger charge is 2.18. The van der Waals surface area contributed by atoms with E-state index >= 15 is 0 Å². The lowest BCUT2D eigenvalue weighted by Crippen LogP contribution is -2.26. The summed E-state index contributed by atoms with van der Waals surface area (Å²) in [5, 5.41) is 6.66. The van der Waals surface area contributed by atoms with Gasteiger partial charge in [-0.15, -0.1) is 0 Å². The standard InChI is InChI=1S/C18H16FN3O3/c1-11(20-17(23)13-3-7-14(19)8-4-13)18-21-16(22-25-18)12-5-9-15(24-2)10-6-12/h3-11H,1-2H3,(H,20,23). The van der Waals surface area contributed by atoms with Crippen molar-refractivity contribution >= 4 is 5.91 Å². The Morgan fingerprint density at radius 1 is 1.16 bits per heavy atom. The van der Waals surface area contributed by atoms with Gasteiger partial charge in [-0.1, -0.05) is 5.16 Å². The predicted molar refractivity (Wildman–Crippen MR) is 88.6 cm³/mol. The highest BCUT2D eigenvalue weighted by Crippen LogP contribution is 2.21. The lowest BCUT2D eigenvalue weighted by atomic mass is 10.2. The van der Waals surface area contributed by atoms with Crippen LogP contribution in [0.5, 0.6) is 5.75 Å². The van der Waals surface area contributed by atoms with Crippen molar-refractivity contribution in [1.82, 2.24) is 15.5 Å². The summed E-state index contributed by atoms with van der Waals surface area (Å²) in [5.41, 5.74) is 1.12. The Balaban J connectivity index is 1.70. The van der Waals surface area contributed by atoms with Crippen LogP contribution in [0.25, 0.3) is 11.4 Å². The van der Waals surface area contributed by atoms with Crippen LogP contribution < -0.4 is 10.1 Å². The van der Waals surface area contributed by atoms with Crippen molar-refractivity contribution in [2.75, 3.05) is 7.11 Å². The van der Waals surface area contributed by atoms with Gasteiger partial charge in [0.1, 0.15) is 17.6 Å². The largest absolute Gasteiger partial charge is 0.497 e. The minimum absolute atomic E-state index is 0.279. The van der Waals surface area contributed by atoms with Crippen molar-refractivity contribution in [3.63, 3.8) is 0 Å². The van der Waals surface area contributed by atoms with Gasteiger partial charge in [-0.2, -0.15) is 4.98 Å². The summed E-state index contributed by atoms with van der Waals surface area (Å²) in [5.74, 6) is 0.677. The van der Waals surface area contributed by atoms with Crippen molar-refractivity contribution in [3.8, 4) is 17.1 Å². The van der Waals surface area contributed by atoms with Gasteiger partial charge in [-0.25, -0.2) is 4.39 Å². The quantitative estimate of drug-likeness (QED) is 0.770. The van der Waals surface area contributed by atoms with Gasteiger partial charge in [0, 0.05) is 11.1 Å². The zero-order valence-corrected chi connectivity index (χ0v) is 13.7. The molecule has 3 rings (SSSR count). The molecule has 0 spiro atoms.